The minimum Gasteiger partial charge on any atom is -0.325 e. The number of thioether (sulfide) groups is 1. The first-order chi connectivity index (χ1) is 12.8. The van der Waals surface area contributed by atoms with E-state index in [2.05, 4.69) is 5.32 Å². The van der Waals surface area contributed by atoms with Crippen molar-refractivity contribution in [1.82, 2.24) is 4.90 Å². The van der Waals surface area contributed by atoms with Gasteiger partial charge in [0.2, 0.25) is 15.9 Å². The van der Waals surface area contributed by atoms with Gasteiger partial charge in [0.1, 0.15) is 6.54 Å². The van der Waals surface area contributed by atoms with Crippen LogP contribution in [0.5, 0.6) is 0 Å². The Kier molecular flexibility index (Phi) is 5.68. The summed E-state index contributed by atoms with van der Waals surface area (Å²) in [5.74, 6) is -0.961. The van der Waals surface area contributed by atoms with Gasteiger partial charge in [-0.3, -0.25) is 19.3 Å². The average molecular weight is 409 g/mol. The highest BCUT2D eigenvalue weighted by atomic mass is 32.2. The monoisotopic (exact) mass is 409 g/mol. The number of benzene rings is 1. The number of anilines is 1. The first-order valence-electron chi connectivity index (χ1n) is 8.44. The van der Waals surface area contributed by atoms with Gasteiger partial charge in [-0.15, -0.1) is 0 Å². The summed E-state index contributed by atoms with van der Waals surface area (Å²) in [6.07, 6.45) is 4.78. The lowest BCUT2D eigenvalue weighted by Gasteiger charge is -2.16. The second-order valence-electron chi connectivity index (χ2n) is 6.37. The number of carbonyl (C=O) groups is 3. The van der Waals surface area contributed by atoms with E-state index >= 15 is 0 Å². The van der Waals surface area contributed by atoms with Crippen LogP contribution in [0.3, 0.4) is 0 Å². The van der Waals surface area contributed by atoms with Crippen molar-refractivity contribution in [2.24, 2.45) is 5.14 Å². The van der Waals surface area contributed by atoms with E-state index < -0.39 is 33.6 Å². The number of imide groups is 1. The number of nitrogens with two attached hydrogens (primary N) is 1. The van der Waals surface area contributed by atoms with Crippen LogP contribution in [0.25, 0.3) is 0 Å². The van der Waals surface area contributed by atoms with E-state index in [1.807, 2.05) is 0 Å². The van der Waals surface area contributed by atoms with Crippen LogP contribution in [0.15, 0.2) is 39.6 Å². The number of sulfonamides is 1. The lowest BCUT2D eigenvalue weighted by atomic mass is 9.94. The summed E-state index contributed by atoms with van der Waals surface area (Å²) in [4.78, 5) is 38.2. The quantitative estimate of drug-likeness (QED) is 0.734. The molecule has 3 rings (SSSR count). The third-order valence-corrected chi connectivity index (χ3v) is 6.39. The van der Waals surface area contributed by atoms with E-state index in [0.717, 1.165) is 54.3 Å². The highest BCUT2D eigenvalue weighted by molar-refractivity contribution is 8.18. The van der Waals surface area contributed by atoms with Gasteiger partial charge in [0.15, 0.2) is 0 Å². The number of carbonyl (C=O) groups excluding carboxylic acids is 3. The molecule has 144 valence electrons. The van der Waals surface area contributed by atoms with Gasteiger partial charge < -0.3 is 5.32 Å². The molecule has 2 aliphatic rings. The summed E-state index contributed by atoms with van der Waals surface area (Å²) in [5.41, 5.74) is 1.34. The molecule has 1 aliphatic carbocycles. The van der Waals surface area contributed by atoms with Crippen LogP contribution in [0.4, 0.5) is 10.5 Å². The fourth-order valence-corrected chi connectivity index (χ4v) is 4.52. The molecule has 0 aromatic heterocycles. The number of hydrogen-bond donors (Lipinski definition) is 2. The summed E-state index contributed by atoms with van der Waals surface area (Å²) in [5, 5.41) is 7.10. The molecule has 0 unspecified atom stereocenters. The molecule has 3 N–H and O–H groups in total. The van der Waals surface area contributed by atoms with Gasteiger partial charge >= 0.3 is 0 Å². The van der Waals surface area contributed by atoms with Gasteiger partial charge in [0.05, 0.1) is 9.80 Å². The molecule has 1 aromatic carbocycles. The predicted octanol–water partition coefficient (Wildman–Crippen LogP) is 2.19. The van der Waals surface area contributed by atoms with Gasteiger partial charge in [-0.25, -0.2) is 13.6 Å². The zero-order valence-electron chi connectivity index (χ0n) is 14.4. The topological polar surface area (TPSA) is 127 Å². The SMILES string of the molecule is NS(=O)(=O)c1ccc(NC(=O)CN2C(=O)SC(=C3CCCCC3)C2=O)cc1. The number of nitrogens with zero attached hydrogens (tertiary/aromatic N) is 1. The summed E-state index contributed by atoms with van der Waals surface area (Å²) in [6, 6.07) is 5.29. The molecule has 0 radical (unpaired) electrons. The highest BCUT2D eigenvalue weighted by Crippen LogP contribution is 2.38. The number of allylic oxidation sites excluding steroid dienone is 1. The molecule has 3 amide bonds. The van der Waals surface area contributed by atoms with Crippen LogP contribution in [-0.4, -0.2) is 36.9 Å². The lowest BCUT2D eigenvalue weighted by molar-refractivity contribution is -0.127. The van der Waals surface area contributed by atoms with Crippen LogP contribution < -0.4 is 10.5 Å². The van der Waals surface area contributed by atoms with E-state index in [-0.39, 0.29) is 4.90 Å². The summed E-state index contributed by atoms with van der Waals surface area (Å²) < 4.78 is 22.5. The molecule has 1 saturated heterocycles. The van der Waals surface area contributed by atoms with E-state index in [9.17, 15) is 22.8 Å². The maximum atomic E-state index is 12.5. The molecule has 10 heteroatoms. The van der Waals surface area contributed by atoms with Crippen LogP contribution in [0.2, 0.25) is 0 Å². The maximum Gasteiger partial charge on any atom is 0.294 e. The first kappa shape index (κ1) is 19.6. The average Bonchev–Trinajstić information content (AvgIpc) is 2.90. The Morgan fingerprint density at radius 1 is 1.11 bits per heavy atom. The van der Waals surface area contributed by atoms with Crippen molar-refractivity contribution in [2.75, 3.05) is 11.9 Å². The minimum atomic E-state index is -3.82. The molecule has 1 aliphatic heterocycles. The van der Waals surface area contributed by atoms with Crippen molar-refractivity contribution in [1.29, 1.82) is 0 Å². The molecule has 0 spiro atoms. The lowest BCUT2D eigenvalue weighted by Crippen LogP contribution is -2.36. The van der Waals surface area contributed by atoms with Crippen molar-refractivity contribution in [2.45, 2.75) is 37.0 Å². The third-order valence-electron chi connectivity index (χ3n) is 4.40. The molecule has 8 nitrogen and oxygen atoms in total. The smallest absolute Gasteiger partial charge is 0.294 e. The Hall–Kier alpha value is -2.17. The van der Waals surface area contributed by atoms with Crippen LogP contribution in [-0.2, 0) is 19.6 Å². The fourth-order valence-electron chi connectivity index (χ4n) is 3.03. The Morgan fingerprint density at radius 2 is 1.74 bits per heavy atom. The molecule has 2 fully saturated rings. The predicted molar refractivity (Wildman–Crippen MR) is 101 cm³/mol. The maximum absolute atomic E-state index is 12.5. The zero-order valence-corrected chi connectivity index (χ0v) is 16.1. The summed E-state index contributed by atoms with van der Waals surface area (Å²) in [7, 11) is -3.82. The van der Waals surface area contributed by atoms with Gasteiger partial charge in [-0.05, 0) is 61.7 Å². The summed E-state index contributed by atoms with van der Waals surface area (Å²) in [6.45, 7) is -0.390. The molecule has 1 aromatic rings. The Labute approximate surface area is 161 Å². The summed E-state index contributed by atoms with van der Waals surface area (Å²) >= 11 is 0.898. The third kappa shape index (κ3) is 4.57. The Balaban J connectivity index is 1.65. The Morgan fingerprint density at radius 3 is 2.33 bits per heavy atom. The molecule has 1 heterocycles. The second-order valence-corrected chi connectivity index (χ2v) is 8.89. The van der Waals surface area contributed by atoms with Crippen molar-refractivity contribution in [3.05, 3.63) is 34.7 Å². The number of nitrogens with one attached hydrogen (secondary N) is 1. The van der Waals surface area contributed by atoms with E-state index in [4.69, 9.17) is 5.14 Å². The fraction of sp³-hybridized carbons (Fsp3) is 0.353. The van der Waals surface area contributed by atoms with Gasteiger partial charge in [0.25, 0.3) is 11.1 Å². The van der Waals surface area contributed by atoms with Crippen molar-refractivity contribution < 1.29 is 22.8 Å². The van der Waals surface area contributed by atoms with Gasteiger partial charge in [-0.1, -0.05) is 12.0 Å². The standard InChI is InChI=1S/C17H19N3O5S2/c18-27(24,25)13-8-6-12(7-9-13)19-14(21)10-20-16(22)15(26-17(20)23)11-4-2-1-3-5-11/h6-9H,1-5,10H2,(H,19,21)(H2,18,24,25). The molecule has 0 atom stereocenters. The Bertz CT molecular complexity index is 914. The molecular weight excluding hydrogens is 390 g/mol. The largest absolute Gasteiger partial charge is 0.325 e. The molecule has 27 heavy (non-hydrogen) atoms. The van der Waals surface area contributed by atoms with Crippen molar-refractivity contribution in [3.63, 3.8) is 0 Å². The molecule has 0 bridgehead atoms. The molecule has 1 saturated carbocycles. The van der Waals surface area contributed by atoms with Crippen LogP contribution in [0, 0.1) is 0 Å². The zero-order chi connectivity index (χ0) is 19.6. The van der Waals surface area contributed by atoms with Crippen molar-refractivity contribution >= 4 is 44.5 Å². The first-order valence-corrected chi connectivity index (χ1v) is 10.8. The minimum absolute atomic E-state index is 0.0782. The highest BCUT2D eigenvalue weighted by Gasteiger charge is 2.38. The van der Waals surface area contributed by atoms with Crippen LogP contribution in [0.1, 0.15) is 32.1 Å². The number of hydrogen-bond acceptors (Lipinski definition) is 6. The second kappa shape index (κ2) is 7.83. The van der Waals surface area contributed by atoms with Gasteiger partial charge in [0, 0.05) is 5.69 Å². The van der Waals surface area contributed by atoms with Crippen LogP contribution >= 0.6 is 11.8 Å². The number of primary sulfonamides is 1. The number of rotatable bonds is 4. The number of amides is 3. The van der Waals surface area contributed by atoms with Gasteiger partial charge in [-0.2, -0.15) is 0 Å². The van der Waals surface area contributed by atoms with Crippen molar-refractivity contribution in [3.8, 4) is 0 Å². The normalized spacial score (nSPS) is 18.2. The van der Waals surface area contributed by atoms with E-state index in [1.165, 1.54) is 24.3 Å². The van der Waals surface area contributed by atoms with E-state index in [0.29, 0.717) is 10.6 Å². The van der Waals surface area contributed by atoms with E-state index in [1.54, 1.807) is 0 Å². The molecular formula is C17H19N3O5S2.